The van der Waals surface area contributed by atoms with Gasteiger partial charge < -0.3 is 30.7 Å². The van der Waals surface area contributed by atoms with Crippen LogP contribution in [-0.2, 0) is 18.6 Å². The molecule has 278 valence electrons. The van der Waals surface area contributed by atoms with E-state index in [2.05, 4.69) is 16.0 Å². The number of ether oxygens (including phenoxy) is 1. The van der Waals surface area contributed by atoms with Crippen molar-refractivity contribution in [3.8, 4) is 22.9 Å². The van der Waals surface area contributed by atoms with Gasteiger partial charge in [-0.05, 0) is 66.9 Å². The number of rotatable bonds is 12. The number of halogens is 1. The normalized spacial score (nSPS) is 11.9. The molecular formula is C39H43ClN6O7. The number of aliphatic hydroxyl groups excluding tert-OH is 2. The standard InChI is InChI=1S/C39H43ClN6O7/c1-23-10-11-25(36(50)41-20-30(49)21-47)17-31(23)45-24(2)16-32(35(40)37(45)51)53-22-27-9-7-6-8-26(27)19-42-38(52)43-34-18-33(39(3,4)5)44-46(34)28-12-14-29(48)15-13-28/h6-18,30,47-49H,19-22H2,1-5H3,(H,41,50)(H2,42,43,52). The van der Waals surface area contributed by atoms with E-state index in [1.807, 2.05) is 51.1 Å². The lowest BCUT2D eigenvalue weighted by Gasteiger charge is -2.18. The number of phenols is 1. The minimum absolute atomic E-state index is 0.0546. The fourth-order valence-electron chi connectivity index (χ4n) is 5.44. The molecule has 0 saturated heterocycles. The van der Waals surface area contributed by atoms with Crippen molar-refractivity contribution < 1.29 is 29.6 Å². The Morgan fingerprint density at radius 1 is 0.962 bits per heavy atom. The quantitative estimate of drug-likeness (QED) is 0.0999. The molecule has 14 heteroatoms. The van der Waals surface area contributed by atoms with E-state index in [-0.39, 0.29) is 47.2 Å². The lowest BCUT2D eigenvalue weighted by Crippen LogP contribution is -2.34. The van der Waals surface area contributed by atoms with Gasteiger partial charge >= 0.3 is 6.03 Å². The van der Waals surface area contributed by atoms with Gasteiger partial charge in [0, 0.05) is 41.9 Å². The predicted molar refractivity (Wildman–Crippen MR) is 203 cm³/mol. The highest BCUT2D eigenvalue weighted by molar-refractivity contribution is 6.31. The number of anilines is 1. The molecule has 0 spiro atoms. The molecule has 0 radical (unpaired) electrons. The van der Waals surface area contributed by atoms with Crippen molar-refractivity contribution in [1.29, 1.82) is 0 Å². The zero-order valence-electron chi connectivity index (χ0n) is 30.1. The molecule has 3 aromatic carbocycles. The summed E-state index contributed by atoms with van der Waals surface area (Å²) in [5, 5.41) is 41.3. The number of hydrogen-bond acceptors (Lipinski definition) is 8. The minimum atomic E-state index is -1.09. The Balaban J connectivity index is 1.29. The Bertz CT molecular complexity index is 2170. The van der Waals surface area contributed by atoms with Crippen LogP contribution in [0.1, 0.15) is 59.2 Å². The third-order valence-corrected chi connectivity index (χ3v) is 8.82. The topological polar surface area (TPSA) is 180 Å². The second-order valence-electron chi connectivity index (χ2n) is 13.6. The molecule has 0 aliphatic rings. The van der Waals surface area contributed by atoms with E-state index >= 15 is 0 Å². The van der Waals surface area contributed by atoms with Crippen LogP contribution >= 0.6 is 11.6 Å². The monoisotopic (exact) mass is 742 g/mol. The molecule has 53 heavy (non-hydrogen) atoms. The van der Waals surface area contributed by atoms with Crippen LogP contribution in [0.3, 0.4) is 0 Å². The number of aromatic hydroxyl groups is 1. The van der Waals surface area contributed by atoms with Crippen LogP contribution in [0, 0.1) is 13.8 Å². The molecule has 1 atom stereocenters. The molecule has 2 aromatic heterocycles. The van der Waals surface area contributed by atoms with Gasteiger partial charge in [-0.1, -0.05) is 62.7 Å². The first-order valence-electron chi connectivity index (χ1n) is 16.9. The Morgan fingerprint density at radius 3 is 2.34 bits per heavy atom. The highest BCUT2D eigenvalue weighted by Crippen LogP contribution is 2.28. The summed E-state index contributed by atoms with van der Waals surface area (Å²) in [6.45, 7) is 9.21. The zero-order valence-corrected chi connectivity index (χ0v) is 30.9. The smallest absolute Gasteiger partial charge is 0.320 e. The summed E-state index contributed by atoms with van der Waals surface area (Å²) in [6, 6.07) is 21.8. The number of carbonyl (C=O) groups is 2. The van der Waals surface area contributed by atoms with Crippen molar-refractivity contribution in [1.82, 2.24) is 25.0 Å². The number of carbonyl (C=O) groups excluding carboxylic acids is 2. The van der Waals surface area contributed by atoms with E-state index in [4.69, 9.17) is 26.5 Å². The summed E-state index contributed by atoms with van der Waals surface area (Å²) in [5.74, 6) is 0.272. The largest absolute Gasteiger partial charge is 0.508 e. The number of aliphatic hydroxyl groups is 2. The molecule has 1 unspecified atom stereocenters. The molecule has 5 rings (SSSR count). The molecule has 2 heterocycles. The molecule has 6 N–H and O–H groups in total. The molecule has 0 aliphatic heterocycles. The summed E-state index contributed by atoms with van der Waals surface area (Å²) in [4.78, 5) is 39.5. The Hall–Kier alpha value is -5.63. The number of nitrogens with zero attached hydrogens (tertiary/aromatic N) is 3. The Kier molecular flexibility index (Phi) is 11.9. The highest BCUT2D eigenvalue weighted by atomic mass is 35.5. The van der Waals surface area contributed by atoms with Crippen molar-refractivity contribution in [2.24, 2.45) is 0 Å². The number of urea groups is 1. The number of hydrogen-bond donors (Lipinski definition) is 6. The molecule has 0 aliphatic carbocycles. The molecule has 0 fully saturated rings. The van der Waals surface area contributed by atoms with Crippen LogP contribution in [0.15, 0.2) is 83.7 Å². The van der Waals surface area contributed by atoms with Crippen LogP contribution in [0.2, 0.25) is 5.02 Å². The lowest BCUT2D eigenvalue weighted by atomic mass is 9.92. The second kappa shape index (κ2) is 16.4. The maximum atomic E-state index is 13.6. The number of benzene rings is 3. The third kappa shape index (κ3) is 9.24. The zero-order chi connectivity index (χ0) is 38.4. The maximum absolute atomic E-state index is 13.6. The van der Waals surface area contributed by atoms with E-state index in [1.165, 1.54) is 4.57 Å². The number of nitrogens with one attached hydrogen (secondary N) is 3. The van der Waals surface area contributed by atoms with Crippen LogP contribution in [0.5, 0.6) is 11.5 Å². The first-order chi connectivity index (χ1) is 25.2. The van der Waals surface area contributed by atoms with Gasteiger partial charge in [0.1, 0.15) is 28.9 Å². The van der Waals surface area contributed by atoms with Gasteiger partial charge in [-0.15, -0.1) is 0 Å². The number of phenolic OH excluding ortho intramolecular Hbond substituents is 1. The first kappa shape index (κ1) is 38.6. The summed E-state index contributed by atoms with van der Waals surface area (Å²) in [5.41, 5.74) is 4.10. The number of aromatic nitrogens is 3. The van der Waals surface area contributed by atoms with E-state index < -0.39 is 30.2 Å². The Labute approximate surface area is 311 Å². The van der Waals surface area contributed by atoms with E-state index in [1.54, 1.807) is 67.1 Å². The van der Waals surface area contributed by atoms with Crippen LogP contribution in [-0.4, -0.2) is 60.9 Å². The number of pyridine rings is 1. The summed E-state index contributed by atoms with van der Waals surface area (Å²) >= 11 is 6.58. The number of amides is 3. The molecular weight excluding hydrogens is 700 g/mol. The van der Waals surface area contributed by atoms with E-state index in [0.717, 1.165) is 22.4 Å². The van der Waals surface area contributed by atoms with Gasteiger partial charge in [0.2, 0.25) is 0 Å². The number of aryl methyl sites for hydroxylation is 2. The first-order valence-corrected chi connectivity index (χ1v) is 17.3. The molecule has 13 nitrogen and oxygen atoms in total. The summed E-state index contributed by atoms with van der Waals surface area (Å²) < 4.78 is 9.09. The SMILES string of the molecule is Cc1ccc(C(=O)NCC(O)CO)cc1-n1c(C)cc(OCc2ccccc2CNC(=O)Nc2cc(C(C)(C)C)nn2-c2ccc(O)cc2)c(Cl)c1=O. The second-order valence-corrected chi connectivity index (χ2v) is 14.0. The Morgan fingerprint density at radius 2 is 1.66 bits per heavy atom. The van der Waals surface area contributed by atoms with Gasteiger partial charge in [0.25, 0.3) is 11.5 Å². The van der Waals surface area contributed by atoms with Crippen molar-refractivity contribution in [2.75, 3.05) is 18.5 Å². The maximum Gasteiger partial charge on any atom is 0.320 e. The van der Waals surface area contributed by atoms with Crippen molar-refractivity contribution in [3.05, 3.63) is 128 Å². The van der Waals surface area contributed by atoms with Gasteiger partial charge in [0.05, 0.1) is 29.8 Å². The summed E-state index contributed by atoms with van der Waals surface area (Å²) in [7, 11) is 0. The van der Waals surface area contributed by atoms with Gasteiger partial charge in [-0.25, -0.2) is 9.48 Å². The predicted octanol–water partition coefficient (Wildman–Crippen LogP) is 5.28. The highest BCUT2D eigenvalue weighted by Gasteiger charge is 2.22. The molecule has 0 saturated carbocycles. The van der Waals surface area contributed by atoms with Gasteiger partial charge in [-0.3, -0.25) is 19.5 Å². The lowest BCUT2D eigenvalue weighted by molar-refractivity contribution is 0.0802. The van der Waals surface area contributed by atoms with Gasteiger partial charge in [0.15, 0.2) is 0 Å². The van der Waals surface area contributed by atoms with E-state index in [0.29, 0.717) is 22.9 Å². The van der Waals surface area contributed by atoms with Crippen LogP contribution in [0.25, 0.3) is 11.4 Å². The van der Waals surface area contributed by atoms with E-state index in [9.17, 15) is 24.6 Å². The average Bonchev–Trinajstić information content (AvgIpc) is 3.56. The summed E-state index contributed by atoms with van der Waals surface area (Å²) in [6.07, 6.45) is -1.09. The molecule has 0 bridgehead atoms. The van der Waals surface area contributed by atoms with Crippen molar-refractivity contribution in [2.45, 2.75) is 59.3 Å². The van der Waals surface area contributed by atoms with Crippen molar-refractivity contribution >= 4 is 29.4 Å². The minimum Gasteiger partial charge on any atom is -0.508 e. The fourth-order valence-corrected chi connectivity index (χ4v) is 5.64. The van der Waals surface area contributed by atoms with Gasteiger partial charge in [-0.2, -0.15) is 5.10 Å². The van der Waals surface area contributed by atoms with Crippen LogP contribution < -0.4 is 26.2 Å². The molecule has 5 aromatic rings. The van der Waals surface area contributed by atoms with Crippen molar-refractivity contribution in [3.63, 3.8) is 0 Å². The third-order valence-electron chi connectivity index (χ3n) is 8.48. The fraction of sp³-hybridized carbons (Fsp3) is 0.282. The van der Waals surface area contributed by atoms with Crippen LogP contribution in [0.4, 0.5) is 10.6 Å². The average molecular weight is 743 g/mol. The molecule has 3 amide bonds.